The molecular formula is C11H13N5O3. The molecule has 2 aromatic heterocycles. The van der Waals surface area contributed by atoms with Gasteiger partial charge in [-0.05, 0) is 6.07 Å². The molecule has 0 spiro atoms. The maximum atomic E-state index is 12.0. The molecule has 0 saturated heterocycles. The first-order valence-electron chi connectivity index (χ1n) is 5.51. The summed E-state index contributed by atoms with van der Waals surface area (Å²) in [5, 5.41) is 2.75. The zero-order chi connectivity index (χ0) is 14.2. The van der Waals surface area contributed by atoms with E-state index in [4.69, 9.17) is 5.73 Å². The van der Waals surface area contributed by atoms with Gasteiger partial charge in [0.2, 0.25) is 5.91 Å². The summed E-state index contributed by atoms with van der Waals surface area (Å²) in [5.41, 5.74) is 4.89. The van der Waals surface area contributed by atoms with E-state index in [9.17, 15) is 14.4 Å². The molecule has 1 amide bonds. The first-order valence-corrected chi connectivity index (χ1v) is 5.51. The van der Waals surface area contributed by atoms with E-state index in [-0.39, 0.29) is 23.5 Å². The Hall–Kier alpha value is -2.48. The van der Waals surface area contributed by atoms with Crippen LogP contribution in [0.15, 0.2) is 21.9 Å². The molecule has 0 bridgehead atoms. The third-order valence-corrected chi connectivity index (χ3v) is 2.76. The van der Waals surface area contributed by atoms with Gasteiger partial charge in [-0.1, -0.05) is 0 Å². The SMILES string of the molecule is Cn1c(=O)c2cc(NC(=O)CN)cnc2n(C)c1=O. The topological polar surface area (TPSA) is 112 Å². The van der Waals surface area contributed by atoms with Gasteiger partial charge in [-0.15, -0.1) is 0 Å². The molecule has 3 N–H and O–H groups in total. The van der Waals surface area contributed by atoms with E-state index < -0.39 is 11.2 Å². The first kappa shape index (κ1) is 13.0. The summed E-state index contributed by atoms with van der Waals surface area (Å²) in [6, 6.07) is 1.47. The minimum absolute atomic E-state index is 0.163. The van der Waals surface area contributed by atoms with Crippen LogP contribution in [0.25, 0.3) is 11.0 Å². The number of rotatable bonds is 2. The Labute approximate surface area is 107 Å². The van der Waals surface area contributed by atoms with Gasteiger partial charge < -0.3 is 11.1 Å². The molecular weight excluding hydrogens is 250 g/mol. The molecule has 8 heteroatoms. The quantitative estimate of drug-likeness (QED) is 0.687. The van der Waals surface area contributed by atoms with Crippen molar-refractivity contribution in [2.45, 2.75) is 0 Å². The third kappa shape index (κ3) is 2.13. The number of carbonyl (C=O) groups is 1. The maximum Gasteiger partial charge on any atom is 0.332 e. The van der Waals surface area contributed by atoms with Crippen LogP contribution in [-0.2, 0) is 18.9 Å². The van der Waals surface area contributed by atoms with Crippen molar-refractivity contribution in [2.75, 3.05) is 11.9 Å². The first-order chi connectivity index (χ1) is 8.95. The molecule has 19 heavy (non-hydrogen) atoms. The van der Waals surface area contributed by atoms with Crippen LogP contribution < -0.4 is 22.3 Å². The van der Waals surface area contributed by atoms with Crippen LogP contribution in [0.5, 0.6) is 0 Å². The van der Waals surface area contributed by atoms with Crippen molar-refractivity contribution in [3.63, 3.8) is 0 Å². The summed E-state index contributed by atoms with van der Waals surface area (Å²) >= 11 is 0. The van der Waals surface area contributed by atoms with Gasteiger partial charge in [0.1, 0.15) is 5.65 Å². The largest absolute Gasteiger partial charge is 0.332 e. The van der Waals surface area contributed by atoms with Crippen LogP contribution >= 0.6 is 0 Å². The van der Waals surface area contributed by atoms with Crippen molar-refractivity contribution in [1.82, 2.24) is 14.1 Å². The second-order valence-corrected chi connectivity index (χ2v) is 4.05. The van der Waals surface area contributed by atoms with Crippen LogP contribution in [0.4, 0.5) is 5.69 Å². The molecule has 0 aliphatic heterocycles. The van der Waals surface area contributed by atoms with Crippen LogP contribution in [0.3, 0.4) is 0 Å². The van der Waals surface area contributed by atoms with E-state index in [0.717, 1.165) is 4.57 Å². The number of fused-ring (bicyclic) bond motifs is 1. The van der Waals surface area contributed by atoms with E-state index in [0.29, 0.717) is 5.69 Å². The lowest BCUT2D eigenvalue weighted by Gasteiger charge is -2.08. The number of amides is 1. The molecule has 2 rings (SSSR count). The smallest absolute Gasteiger partial charge is 0.324 e. The Morgan fingerprint density at radius 3 is 2.68 bits per heavy atom. The monoisotopic (exact) mass is 263 g/mol. The number of aryl methyl sites for hydroxylation is 1. The fourth-order valence-electron chi connectivity index (χ4n) is 1.75. The number of carbonyl (C=O) groups excluding carboxylic acids is 1. The van der Waals surface area contributed by atoms with Gasteiger partial charge in [0.25, 0.3) is 5.56 Å². The average molecular weight is 263 g/mol. The summed E-state index contributed by atoms with van der Waals surface area (Å²) < 4.78 is 2.25. The van der Waals surface area contributed by atoms with Crippen LogP contribution in [0, 0.1) is 0 Å². The Morgan fingerprint density at radius 1 is 1.37 bits per heavy atom. The Balaban J connectivity index is 2.70. The summed E-state index contributed by atoms with van der Waals surface area (Å²) in [6.45, 7) is -0.163. The predicted molar refractivity (Wildman–Crippen MR) is 69.9 cm³/mol. The number of anilines is 1. The number of hydrogen-bond acceptors (Lipinski definition) is 5. The van der Waals surface area contributed by atoms with E-state index in [1.165, 1.54) is 30.9 Å². The number of aromatic nitrogens is 3. The lowest BCUT2D eigenvalue weighted by atomic mass is 10.3. The number of nitrogens with two attached hydrogens (primary N) is 1. The van der Waals surface area contributed by atoms with Gasteiger partial charge in [-0.2, -0.15) is 0 Å². The van der Waals surface area contributed by atoms with E-state index >= 15 is 0 Å². The highest BCUT2D eigenvalue weighted by Gasteiger charge is 2.10. The number of nitrogens with zero attached hydrogens (tertiary/aromatic N) is 3. The molecule has 100 valence electrons. The minimum Gasteiger partial charge on any atom is -0.324 e. The van der Waals surface area contributed by atoms with E-state index in [2.05, 4.69) is 10.3 Å². The second-order valence-electron chi connectivity index (χ2n) is 4.05. The molecule has 0 radical (unpaired) electrons. The van der Waals surface area contributed by atoms with Gasteiger partial charge in [-0.3, -0.25) is 18.7 Å². The average Bonchev–Trinajstić information content (AvgIpc) is 2.42. The van der Waals surface area contributed by atoms with E-state index in [1.54, 1.807) is 0 Å². The molecule has 8 nitrogen and oxygen atoms in total. The van der Waals surface area contributed by atoms with Crippen LogP contribution in [0.2, 0.25) is 0 Å². The molecule has 0 fully saturated rings. The highest BCUT2D eigenvalue weighted by molar-refractivity contribution is 5.93. The molecule has 0 aliphatic rings. The normalized spacial score (nSPS) is 10.7. The fourth-order valence-corrected chi connectivity index (χ4v) is 1.75. The highest BCUT2D eigenvalue weighted by Crippen LogP contribution is 2.11. The zero-order valence-electron chi connectivity index (χ0n) is 10.5. The van der Waals surface area contributed by atoms with Crippen molar-refractivity contribution < 1.29 is 4.79 Å². The van der Waals surface area contributed by atoms with Gasteiger partial charge >= 0.3 is 5.69 Å². The van der Waals surface area contributed by atoms with Crippen molar-refractivity contribution in [1.29, 1.82) is 0 Å². The summed E-state index contributed by atoms with van der Waals surface area (Å²) in [4.78, 5) is 38.9. The minimum atomic E-state index is -0.463. The summed E-state index contributed by atoms with van der Waals surface area (Å²) in [5.74, 6) is -0.386. The van der Waals surface area contributed by atoms with Crippen molar-refractivity contribution in [3.05, 3.63) is 33.1 Å². The third-order valence-electron chi connectivity index (χ3n) is 2.76. The lowest BCUT2D eigenvalue weighted by Crippen LogP contribution is -2.37. The molecule has 0 atom stereocenters. The van der Waals surface area contributed by atoms with Crippen LogP contribution in [-0.4, -0.2) is 26.6 Å². The van der Waals surface area contributed by atoms with Gasteiger partial charge in [-0.25, -0.2) is 9.78 Å². The van der Waals surface area contributed by atoms with Crippen molar-refractivity contribution >= 4 is 22.6 Å². The van der Waals surface area contributed by atoms with Gasteiger partial charge in [0, 0.05) is 14.1 Å². The molecule has 0 aromatic carbocycles. The van der Waals surface area contributed by atoms with E-state index in [1.807, 2.05) is 0 Å². The lowest BCUT2D eigenvalue weighted by molar-refractivity contribution is -0.114. The molecule has 0 unspecified atom stereocenters. The Bertz CT molecular complexity index is 774. The number of hydrogen-bond donors (Lipinski definition) is 2. The van der Waals surface area contributed by atoms with Crippen molar-refractivity contribution in [3.8, 4) is 0 Å². The number of pyridine rings is 1. The Morgan fingerprint density at radius 2 is 2.05 bits per heavy atom. The molecule has 2 aromatic rings. The van der Waals surface area contributed by atoms with Crippen molar-refractivity contribution in [2.24, 2.45) is 19.8 Å². The van der Waals surface area contributed by atoms with Crippen LogP contribution in [0.1, 0.15) is 0 Å². The highest BCUT2D eigenvalue weighted by atomic mass is 16.2. The van der Waals surface area contributed by atoms with Gasteiger partial charge in [0.05, 0.1) is 23.8 Å². The predicted octanol–water partition coefficient (Wildman–Crippen LogP) is -1.47. The second kappa shape index (κ2) is 4.65. The molecule has 2 heterocycles. The van der Waals surface area contributed by atoms with Gasteiger partial charge in [0.15, 0.2) is 0 Å². The number of nitrogens with one attached hydrogen (secondary N) is 1. The summed E-state index contributed by atoms with van der Waals surface area (Å²) in [6.07, 6.45) is 1.37. The summed E-state index contributed by atoms with van der Waals surface area (Å²) in [7, 11) is 2.91. The molecule has 0 saturated carbocycles. The Kier molecular flexibility index (Phi) is 3.17. The standard InChI is InChI=1S/C11H13N5O3/c1-15-9-7(10(18)16(2)11(15)19)3-6(5-13-9)14-8(17)4-12/h3,5H,4,12H2,1-2H3,(H,14,17). The fraction of sp³-hybridized carbons (Fsp3) is 0.273. The molecule has 0 aliphatic carbocycles. The maximum absolute atomic E-state index is 12.0. The zero-order valence-corrected chi connectivity index (χ0v) is 10.5.